The maximum atomic E-state index is 12.1. The molecule has 50 heavy (non-hydrogen) atoms. The van der Waals surface area contributed by atoms with Crippen LogP contribution in [0, 0.1) is 20.2 Å². The predicted molar refractivity (Wildman–Crippen MR) is 179 cm³/mol. The van der Waals surface area contributed by atoms with E-state index in [9.17, 15) is 39.4 Å². The van der Waals surface area contributed by atoms with Crippen LogP contribution in [0.15, 0.2) is 72.8 Å². The third kappa shape index (κ3) is 13.2. The molecule has 0 atom stereocenters. The number of nitrogens with zero attached hydrogens (tertiary/aromatic N) is 2. The van der Waals surface area contributed by atoms with E-state index in [1.165, 1.54) is 72.8 Å². The van der Waals surface area contributed by atoms with Gasteiger partial charge >= 0.3 is 11.4 Å². The maximum Gasteiger partial charge on any atom is 0.310 e. The number of nitro groups is 2. The fourth-order valence-electron chi connectivity index (χ4n) is 3.39. The first-order chi connectivity index (χ1) is 23.9. The molecule has 6 N–H and O–H groups in total. The Labute approximate surface area is 292 Å². The van der Waals surface area contributed by atoms with Crippen molar-refractivity contribution in [2.75, 3.05) is 26.4 Å². The molecule has 20 nitrogen and oxygen atoms in total. The van der Waals surface area contributed by atoms with Crippen LogP contribution in [0.4, 0.5) is 11.4 Å². The minimum Gasteiger partial charge on any atom is -0.484 e. The zero-order chi connectivity index (χ0) is 36.5. The van der Waals surface area contributed by atoms with Crippen LogP contribution in [-0.4, -0.2) is 70.1 Å². The van der Waals surface area contributed by atoms with Crippen molar-refractivity contribution in [2.24, 2.45) is 0 Å². The normalized spacial score (nSPS) is 9.92. The summed E-state index contributed by atoms with van der Waals surface area (Å²) in [5.41, 5.74) is 8.28. The average molecular weight is 731 g/mol. The van der Waals surface area contributed by atoms with Gasteiger partial charge in [-0.2, -0.15) is 0 Å². The summed E-state index contributed by atoms with van der Waals surface area (Å²) in [6.07, 6.45) is 0. The van der Waals surface area contributed by atoms with E-state index in [2.05, 4.69) is 32.3 Å². The van der Waals surface area contributed by atoms with Gasteiger partial charge in [-0.3, -0.25) is 71.7 Å². The zero-order valence-corrected chi connectivity index (χ0v) is 27.0. The fraction of sp³-hybridized carbons (Fsp3) is 0.143. The van der Waals surface area contributed by atoms with Crippen molar-refractivity contribution >= 4 is 69.7 Å². The molecule has 262 valence electrons. The highest BCUT2D eigenvalue weighted by Crippen LogP contribution is 2.26. The van der Waals surface area contributed by atoms with Gasteiger partial charge in [-0.1, -0.05) is 24.3 Å². The van der Waals surface area contributed by atoms with Crippen LogP contribution in [0.2, 0.25) is 0 Å². The monoisotopic (exact) mass is 730 g/mol. The summed E-state index contributed by atoms with van der Waals surface area (Å²) >= 11 is 9.85. The Bertz CT molecular complexity index is 1630. The molecule has 0 saturated carbocycles. The third-order valence-corrected chi connectivity index (χ3v) is 5.95. The summed E-state index contributed by atoms with van der Waals surface area (Å²) in [4.78, 5) is 68.9. The standard InChI is InChI=1S/C28H26N8O12S2/c37-23(29-27(49)33-31-25(39)15-47-21-7-3-1-5-19(21)35(41)42)13-45-17-9-11-18(12-10-17)46-14-24(38)30-28(50)34-32-26(40)16-48-22-8-4-2-6-20(22)36(43)44/h1-12H,13-16H2,(H,31,39)(H,32,40)(H2,29,33,37,49)(H2,30,34,38,50). The second-order valence-electron chi connectivity index (χ2n) is 9.18. The molecule has 0 spiro atoms. The number of nitro benzene ring substituents is 2. The van der Waals surface area contributed by atoms with Crippen molar-refractivity contribution in [2.45, 2.75) is 0 Å². The lowest BCUT2D eigenvalue weighted by Crippen LogP contribution is -2.50. The largest absolute Gasteiger partial charge is 0.484 e. The number of rotatable bonds is 14. The van der Waals surface area contributed by atoms with Crippen LogP contribution in [0.1, 0.15) is 0 Å². The van der Waals surface area contributed by atoms with Gasteiger partial charge in [-0.05, 0) is 60.8 Å². The summed E-state index contributed by atoms with van der Waals surface area (Å²) in [6.45, 7) is -2.06. The number of hydrogen-bond acceptors (Lipinski definition) is 14. The van der Waals surface area contributed by atoms with E-state index in [1.54, 1.807) is 0 Å². The molecule has 0 aliphatic rings. The molecule has 0 bridgehead atoms. The number of hydrazine groups is 2. The van der Waals surface area contributed by atoms with E-state index in [0.29, 0.717) is 0 Å². The van der Waals surface area contributed by atoms with E-state index in [0.717, 1.165) is 0 Å². The van der Waals surface area contributed by atoms with Crippen LogP contribution >= 0.6 is 24.4 Å². The average Bonchev–Trinajstić information content (AvgIpc) is 3.10. The van der Waals surface area contributed by atoms with E-state index in [-0.39, 0.29) is 44.6 Å². The maximum absolute atomic E-state index is 12.1. The molecule has 0 fully saturated rings. The minimum atomic E-state index is -0.734. The third-order valence-electron chi connectivity index (χ3n) is 5.54. The highest BCUT2D eigenvalue weighted by molar-refractivity contribution is 7.80. The second-order valence-corrected chi connectivity index (χ2v) is 9.99. The summed E-state index contributed by atoms with van der Waals surface area (Å²) in [5, 5.41) is 26.0. The molecule has 0 radical (unpaired) electrons. The van der Waals surface area contributed by atoms with Gasteiger partial charge in [0.05, 0.1) is 9.85 Å². The number of hydrogen-bond donors (Lipinski definition) is 6. The highest BCUT2D eigenvalue weighted by atomic mass is 32.1. The molecule has 0 aliphatic heterocycles. The van der Waals surface area contributed by atoms with Crippen LogP contribution in [0.3, 0.4) is 0 Å². The van der Waals surface area contributed by atoms with Gasteiger partial charge in [-0.25, -0.2) is 0 Å². The Morgan fingerprint density at radius 2 is 0.860 bits per heavy atom. The lowest BCUT2D eigenvalue weighted by Gasteiger charge is -2.12. The number of nitrogens with one attached hydrogen (secondary N) is 6. The zero-order valence-electron chi connectivity index (χ0n) is 25.4. The van der Waals surface area contributed by atoms with Gasteiger partial charge in [0, 0.05) is 12.1 Å². The highest BCUT2D eigenvalue weighted by Gasteiger charge is 2.17. The summed E-state index contributed by atoms with van der Waals surface area (Å²) < 4.78 is 21.0. The Morgan fingerprint density at radius 3 is 1.22 bits per heavy atom. The van der Waals surface area contributed by atoms with Crippen molar-refractivity contribution in [3.05, 3.63) is 93.0 Å². The first-order valence-electron chi connectivity index (χ1n) is 13.8. The van der Waals surface area contributed by atoms with E-state index in [4.69, 9.17) is 43.4 Å². The molecule has 22 heteroatoms. The minimum absolute atomic E-state index is 0.102. The molecule has 0 saturated heterocycles. The van der Waals surface area contributed by atoms with Gasteiger partial charge in [0.2, 0.25) is 0 Å². The smallest absolute Gasteiger partial charge is 0.310 e. The SMILES string of the molecule is O=C(COc1ccccc1[N+](=O)[O-])NNC(=S)NC(=O)COc1ccc(OCC(=O)NC(=S)NNC(=O)COc2ccccc2[N+](=O)[O-])cc1. The van der Waals surface area contributed by atoms with Gasteiger partial charge in [-0.15, -0.1) is 0 Å². The number of carbonyl (C=O) groups is 4. The first kappa shape index (κ1) is 37.8. The number of amides is 4. The van der Waals surface area contributed by atoms with Crippen molar-refractivity contribution < 1.29 is 48.0 Å². The number of ether oxygens (including phenoxy) is 4. The summed E-state index contributed by atoms with van der Waals surface area (Å²) in [6, 6.07) is 16.9. The Balaban J connectivity index is 1.27. The van der Waals surface area contributed by atoms with Crippen LogP contribution in [0.5, 0.6) is 23.0 Å². The molecule has 3 aromatic rings. The second kappa shape index (κ2) is 19.2. The predicted octanol–water partition coefficient (Wildman–Crippen LogP) is 0.462. The Morgan fingerprint density at radius 1 is 0.520 bits per heavy atom. The summed E-state index contributed by atoms with van der Waals surface area (Å²) in [5.74, 6) is -2.47. The van der Waals surface area contributed by atoms with Crippen LogP contribution in [0.25, 0.3) is 0 Å². The Hall–Kier alpha value is -6.68. The number of benzene rings is 3. The van der Waals surface area contributed by atoms with Crippen molar-refractivity contribution in [1.29, 1.82) is 0 Å². The topological polar surface area (TPSA) is 264 Å². The van der Waals surface area contributed by atoms with Crippen LogP contribution < -0.4 is 51.3 Å². The van der Waals surface area contributed by atoms with E-state index in [1.807, 2.05) is 0 Å². The number of thiocarbonyl (C=S) groups is 2. The number of carbonyl (C=O) groups excluding carboxylic acids is 4. The van der Waals surface area contributed by atoms with Gasteiger partial charge in [0.15, 0.2) is 48.2 Å². The quantitative estimate of drug-likeness (QED) is 0.0748. The van der Waals surface area contributed by atoms with Gasteiger partial charge in [0.1, 0.15) is 11.5 Å². The lowest BCUT2D eigenvalue weighted by atomic mass is 10.3. The summed E-state index contributed by atoms with van der Waals surface area (Å²) in [7, 11) is 0. The molecule has 0 aliphatic carbocycles. The van der Waals surface area contributed by atoms with E-state index < -0.39 is 59.9 Å². The fourth-order valence-corrected chi connectivity index (χ4v) is 3.72. The van der Waals surface area contributed by atoms with Crippen LogP contribution in [-0.2, 0) is 19.2 Å². The van der Waals surface area contributed by atoms with Gasteiger partial charge in [0.25, 0.3) is 23.6 Å². The molecular weight excluding hydrogens is 704 g/mol. The molecule has 4 amide bonds. The van der Waals surface area contributed by atoms with Crippen molar-refractivity contribution in [1.82, 2.24) is 32.3 Å². The van der Waals surface area contributed by atoms with Gasteiger partial charge < -0.3 is 18.9 Å². The Kier molecular flexibility index (Phi) is 14.5. The molecule has 0 unspecified atom stereocenters. The lowest BCUT2D eigenvalue weighted by molar-refractivity contribution is -0.386. The number of para-hydroxylation sites is 4. The molecule has 0 heterocycles. The van der Waals surface area contributed by atoms with E-state index >= 15 is 0 Å². The molecular formula is C28H26N8O12S2. The van der Waals surface area contributed by atoms with Crippen molar-refractivity contribution in [3.63, 3.8) is 0 Å². The molecule has 3 rings (SSSR count). The first-order valence-corrected chi connectivity index (χ1v) is 14.6. The molecule has 3 aromatic carbocycles. The van der Waals surface area contributed by atoms with Crippen molar-refractivity contribution in [3.8, 4) is 23.0 Å². The molecule has 0 aromatic heterocycles.